The predicted molar refractivity (Wildman–Crippen MR) is 110 cm³/mol. The Bertz CT molecular complexity index is 930. The van der Waals surface area contributed by atoms with E-state index >= 15 is 0 Å². The summed E-state index contributed by atoms with van der Waals surface area (Å²) in [6, 6.07) is 13.1. The van der Waals surface area contributed by atoms with Gasteiger partial charge in [0.05, 0.1) is 11.1 Å². The van der Waals surface area contributed by atoms with Crippen LogP contribution in [0.15, 0.2) is 60.4 Å². The summed E-state index contributed by atoms with van der Waals surface area (Å²) in [7, 11) is 0. The number of rotatable bonds is 4. The number of allylic oxidation sites excluding steroid dienone is 3. The van der Waals surface area contributed by atoms with Crippen molar-refractivity contribution in [2.45, 2.75) is 26.3 Å². The molecule has 0 saturated carbocycles. The van der Waals surface area contributed by atoms with E-state index in [9.17, 15) is 9.90 Å². The summed E-state index contributed by atoms with van der Waals surface area (Å²) >= 11 is 0. The van der Waals surface area contributed by atoms with Crippen molar-refractivity contribution in [3.8, 4) is 11.5 Å². The number of piperidine rings is 1. The third kappa shape index (κ3) is 3.87. The Hall–Kier alpha value is -2.85. The number of ketones is 1. The predicted octanol–water partition coefficient (Wildman–Crippen LogP) is 4.80. The Morgan fingerprint density at radius 1 is 1.21 bits per heavy atom. The van der Waals surface area contributed by atoms with E-state index in [-0.39, 0.29) is 11.5 Å². The molecule has 4 rings (SSSR count). The molecule has 0 bridgehead atoms. The van der Waals surface area contributed by atoms with Gasteiger partial charge in [-0.05, 0) is 49.1 Å². The number of hydrogen-bond donors (Lipinski definition) is 1. The van der Waals surface area contributed by atoms with Crippen LogP contribution in [0.5, 0.6) is 11.5 Å². The van der Waals surface area contributed by atoms with Crippen molar-refractivity contribution in [2.75, 3.05) is 13.1 Å². The molecule has 1 unspecified atom stereocenters. The summed E-state index contributed by atoms with van der Waals surface area (Å²) in [6.45, 7) is 4.85. The molecular formula is C24H25NO3. The lowest BCUT2D eigenvalue weighted by molar-refractivity contribution is 0.101. The molecule has 28 heavy (non-hydrogen) atoms. The number of likely N-dealkylation sites (tertiary alicyclic amines) is 1. The van der Waals surface area contributed by atoms with Gasteiger partial charge in [0.15, 0.2) is 5.76 Å². The molecule has 2 aromatic rings. The zero-order valence-electron chi connectivity index (χ0n) is 16.1. The molecule has 4 heteroatoms. The topological polar surface area (TPSA) is 49.8 Å². The molecule has 1 atom stereocenters. The first-order valence-electron chi connectivity index (χ1n) is 9.85. The average Bonchev–Trinajstić information content (AvgIpc) is 3.01. The number of benzene rings is 2. The van der Waals surface area contributed by atoms with Crippen LogP contribution < -0.4 is 4.74 Å². The molecule has 2 aliphatic rings. The summed E-state index contributed by atoms with van der Waals surface area (Å²) in [5, 5.41) is 10.4. The van der Waals surface area contributed by atoms with Crippen LogP contribution in [0.25, 0.3) is 6.08 Å². The monoisotopic (exact) mass is 375 g/mol. The maximum atomic E-state index is 12.7. The lowest BCUT2D eigenvalue weighted by atomic mass is 9.99. The number of ether oxygens (including phenoxy) is 1. The Morgan fingerprint density at radius 3 is 2.82 bits per heavy atom. The van der Waals surface area contributed by atoms with Crippen molar-refractivity contribution >= 4 is 11.9 Å². The van der Waals surface area contributed by atoms with Crippen LogP contribution in [0.4, 0.5) is 0 Å². The van der Waals surface area contributed by atoms with E-state index in [0.717, 1.165) is 25.1 Å². The molecule has 144 valence electrons. The molecule has 2 aliphatic heterocycles. The molecule has 1 saturated heterocycles. The quantitative estimate of drug-likeness (QED) is 0.780. The second kappa shape index (κ2) is 8.03. The largest absolute Gasteiger partial charge is 0.507 e. The van der Waals surface area contributed by atoms with Gasteiger partial charge in [0.25, 0.3) is 0 Å². The van der Waals surface area contributed by atoms with Crippen molar-refractivity contribution in [2.24, 2.45) is 5.92 Å². The van der Waals surface area contributed by atoms with Crippen LogP contribution in [0.1, 0.15) is 41.3 Å². The van der Waals surface area contributed by atoms with Crippen LogP contribution in [-0.2, 0) is 6.54 Å². The molecule has 2 heterocycles. The minimum absolute atomic E-state index is 0.138. The third-order valence-electron chi connectivity index (χ3n) is 5.37. The van der Waals surface area contributed by atoms with Gasteiger partial charge in [0, 0.05) is 13.1 Å². The van der Waals surface area contributed by atoms with Crippen LogP contribution in [0.3, 0.4) is 0 Å². The highest BCUT2D eigenvalue weighted by molar-refractivity contribution is 6.12. The molecule has 1 N–H and O–H groups in total. The van der Waals surface area contributed by atoms with Gasteiger partial charge in [-0.25, -0.2) is 0 Å². The van der Waals surface area contributed by atoms with Crippen molar-refractivity contribution in [3.63, 3.8) is 0 Å². The molecule has 0 aliphatic carbocycles. The van der Waals surface area contributed by atoms with Crippen LogP contribution >= 0.6 is 0 Å². The maximum absolute atomic E-state index is 12.7. The van der Waals surface area contributed by atoms with E-state index in [0.29, 0.717) is 35.1 Å². The highest BCUT2D eigenvalue weighted by Crippen LogP contribution is 2.40. The van der Waals surface area contributed by atoms with Crippen molar-refractivity contribution in [3.05, 3.63) is 77.1 Å². The SMILES string of the molecule is CC1CCCN(Cc2c(O)ccc3c2O/C(=C\C=C\c2ccccc2)C3=O)C1. The fourth-order valence-electron chi connectivity index (χ4n) is 3.93. The van der Waals surface area contributed by atoms with Crippen LogP contribution in [0.2, 0.25) is 0 Å². The molecular weight excluding hydrogens is 350 g/mol. The number of hydrogen-bond acceptors (Lipinski definition) is 4. The van der Waals surface area contributed by atoms with E-state index in [1.165, 1.54) is 6.42 Å². The summed E-state index contributed by atoms with van der Waals surface area (Å²) in [5.74, 6) is 1.49. The Labute approximate surface area is 165 Å². The molecule has 0 radical (unpaired) electrons. The molecule has 2 aromatic carbocycles. The Morgan fingerprint density at radius 2 is 2.04 bits per heavy atom. The first-order valence-corrected chi connectivity index (χ1v) is 9.85. The van der Waals surface area contributed by atoms with E-state index in [2.05, 4.69) is 11.8 Å². The number of phenolic OH excluding ortho intramolecular Hbond substituents is 1. The standard InChI is InChI=1S/C24H25NO3/c1-17-7-6-14-25(15-17)16-20-21(26)13-12-19-23(27)22(28-24(19)20)11-5-10-18-8-3-2-4-9-18/h2-5,8-13,17,26H,6-7,14-16H2,1H3/b10-5+,22-11-. The molecule has 4 nitrogen and oxygen atoms in total. The number of phenols is 1. The van der Waals surface area contributed by atoms with Gasteiger partial charge in [-0.2, -0.15) is 0 Å². The van der Waals surface area contributed by atoms with Gasteiger partial charge < -0.3 is 9.84 Å². The Balaban J connectivity index is 1.56. The minimum atomic E-state index is -0.138. The highest BCUT2D eigenvalue weighted by Gasteiger charge is 2.31. The van der Waals surface area contributed by atoms with Crippen LogP contribution in [0, 0.1) is 5.92 Å². The van der Waals surface area contributed by atoms with Crippen molar-refractivity contribution < 1.29 is 14.6 Å². The van der Waals surface area contributed by atoms with E-state index < -0.39 is 0 Å². The van der Waals surface area contributed by atoms with E-state index in [4.69, 9.17) is 4.74 Å². The fraction of sp³-hybridized carbons (Fsp3) is 0.292. The normalized spacial score (nSPS) is 21.2. The fourth-order valence-corrected chi connectivity index (χ4v) is 3.93. The summed E-state index contributed by atoms with van der Waals surface area (Å²) < 4.78 is 5.91. The van der Waals surface area contributed by atoms with E-state index in [1.807, 2.05) is 42.5 Å². The number of fused-ring (bicyclic) bond motifs is 1. The number of aromatic hydroxyl groups is 1. The smallest absolute Gasteiger partial charge is 0.231 e. The first kappa shape index (κ1) is 18.5. The zero-order valence-corrected chi connectivity index (χ0v) is 16.1. The third-order valence-corrected chi connectivity index (χ3v) is 5.37. The summed E-state index contributed by atoms with van der Waals surface area (Å²) in [6.07, 6.45) is 7.84. The molecule has 0 aromatic heterocycles. The Kier molecular flexibility index (Phi) is 5.31. The molecule has 1 fully saturated rings. The maximum Gasteiger partial charge on any atom is 0.231 e. The second-order valence-electron chi connectivity index (χ2n) is 7.65. The lowest BCUT2D eigenvalue weighted by Crippen LogP contribution is -2.33. The van der Waals surface area contributed by atoms with Gasteiger partial charge in [0.2, 0.25) is 5.78 Å². The minimum Gasteiger partial charge on any atom is -0.507 e. The average molecular weight is 375 g/mol. The molecule has 0 amide bonds. The number of Topliss-reactive ketones (excluding diaryl/α,β-unsaturated/α-hetero) is 1. The zero-order chi connectivity index (χ0) is 19.5. The van der Waals surface area contributed by atoms with Gasteiger partial charge in [-0.3, -0.25) is 9.69 Å². The summed E-state index contributed by atoms with van der Waals surface area (Å²) in [5.41, 5.74) is 2.28. The van der Waals surface area contributed by atoms with Crippen molar-refractivity contribution in [1.82, 2.24) is 4.90 Å². The van der Waals surface area contributed by atoms with Crippen LogP contribution in [-0.4, -0.2) is 28.9 Å². The first-order chi connectivity index (χ1) is 13.6. The van der Waals surface area contributed by atoms with Crippen molar-refractivity contribution in [1.29, 1.82) is 0 Å². The highest BCUT2D eigenvalue weighted by atomic mass is 16.5. The number of carbonyl (C=O) groups excluding carboxylic acids is 1. The van der Waals surface area contributed by atoms with Gasteiger partial charge in [-0.1, -0.05) is 49.4 Å². The van der Waals surface area contributed by atoms with E-state index in [1.54, 1.807) is 18.2 Å². The van der Waals surface area contributed by atoms with Gasteiger partial charge >= 0.3 is 0 Å². The molecule has 0 spiro atoms. The lowest BCUT2D eigenvalue weighted by Gasteiger charge is -2.31. The van der Waals surface area contributed by atoms with Gasteiger partial charge in [0.1, 0.15) is 11.5 Å². The number of nitrogens with zero attached hydrogens (tertiary/aromatic N) is 1. The number of carbonyl (C=O) groups is 1. The van der Waals surface area contributed by atoms with Gasteiger partial charge in [-0.15, -0.1) is 0 Å². The summed E-state index contributed by atoms with van der Waals surface area (Å²) in [4.78, 5) is 15.1. The second-order valence-corrected chi connectivity index (χ2v) is 7.65.